The summed E-state index contributed by atoms with van der Waals surface area (Å²) in [6.45, 7) is 1.39. The predicted molar refractivity (Wildman–Crippen MR) is 78.7 cm³/mol. The minimum atomic E-state index is -0.618. The first kappa shape index (κ1) is 17.2. The lowest BCUT2D eigenvalue weighted by Gasteiger charge is -2.09. The van der Waals surface area contributed by atoms with E-state index in [0.29, 0.717) is 6.42 Å². The molecule has 1 aromatic rings. The van der Waals surface area contributed by atoms with Gasteiger partial charge in [0.15, 0.2) is 6.61 Å². The normalized spacial score (nSPS) is 10.3. The van der Waals surface area contributed by atoms with Gasteiger partial charge in [0.1, 0.15) is 5.75 Å². The van der Waals surface area contributed by atoms with Gasteiger partial charge in [-0.2, -0.15) is 0 Å². The molecule has 0 fully saturated rings. The molecule has 0 unspecified atom stereocenters. The summed E-state index contributed by atoms with van der Waals surface area (Å²) in [5, 5.41) is 13.1. The fourth-order valence-electron chi connectivity index (χ4n) is 1.48. The molecule has 1 rings (SSSR count). The van der Waals surface area contributed by atoms with Gasteiger partial charge in [-0.1, -0.05) is 13.0 Å². The number of hydrogen-bond donors (Lipinski definition) is 1. The maximum Gasteiger partial charge on any atom is 0.330 e. The molecule has 8 heteroatoms. The van der Waals surface area contributed by atoms with Crippen LogP contribution in [0.25, 0.3) is 0 Å². The Labute approximate surface area is 126 Å². The van der Waals surface area contributed by atoms with E-state index in [1.54, 1.807) is 6.08 Å². The van der Waals surface area contributed by atoms with E-state index in [-0.39, 0.29) is 17.1 Å². The minimum absolute atomic E-state index is 0.139. The SMILES string of the molecule is CC/C=C/C(=O)OCC(=O)Nc1ccc([N+](=O)[O-])cc1OC. The van der Waals surface area contributed by atoms with Crippen molar-refractivity contribution in [2.45, 2.75) is 13.3 Å². The molecule has 1 aromatic carbocycles. The van der Waals surface area contributed by atoms with Gasteiger partial charge in [-0.3, -0.25) is 14.9 Å². The molecule has 0 bridgehead atoms. The third kappa shape index (κ3) is 5.23. The Morgan fingerprint density at radius 3 is 2.73 bits per heavy atom. The minimum Gasteiger partial charge on any atom is -0.494 e. The number of nitro groups is 1. The number of nitrogens with zero attached hydrogens (tertiary/aromatic N) is 1. The van der Waals surface area contributed by atoms with Gasteiger partial charge in [-0.25, -0.2) is 4.79 Å². The highest BCUT2D eigenvalue weighted by Crippen LogP contribution is 2.28. The summed E-state index contributed by atoms with van der Waals surface area (Å²) < 4.78 is 9.70. The van der Waals surface area contributed by atoms with Gasteiger partial charge in [-0.05, 0) is 12.5 Å². The molecule has 0 aliphatic carbocycles. The number of non-ortho nitro benzene ring substituents is 1. The first-order valence-corrected chi connectivity index (χ1v) is 6.43. The highest BCUT2D eigenvalue weighted by atomic mass is 16.6. The van der Waals surface area contributed by atoms with Crippen LogP contribution in [0.3, 0.4) is 0 Å². The quantitative estimate of drug-likeness (QED) is 0.357. The number of nitrogens with one attached hydrogen (secondary N) is 1. The molecule has 22 heavy (non-hydrogen) atoms. The van der Waals surface area contributed by atoms with Crippen LogP contribution in [-0.4, -0.2) is 30.5 Å². The summed E-state index contributed by atoms with van der Waals surface area (Å²) >= 11 is 0. The largest absolute Gasteiger partial charge is 0.494 e. The average Bonchev–Trinajstić information content (AvgIpc) is 2.51. The Bertz CT molecular complexity index is 597. The molecule has 1 N–H and O–H groups in total. The number of ether oxygens (including phenoxy) is 2. The van der Waals surface area contributed by atoms with Crippen LogP contribution in [0, 0.1) is 10.1 Å². The highest BCUT2D eigenvalue weighted by Gasteiger charge is 2.14. The second-order valence-electron chi connectivity index (χ2n) is 4.11. The van der Waals surface area contributed by atoms with E-state index in [2.05, 4.69) is 5.32 Å². The van der Waals surface area contributed by atoms with E-state index in [4.69, 9.17) is 9.47 Å². The Hall–Kier alpha value is -2.90. The second kappa shape index (κ2) is 8.40. The molecule has 0 saturated carbocycles. The van der Waals surface area contributed by atoms with E-state index in [1.165, 1.54) is 31.4 Å². The van der Waals surface area contributed by atoms with Crippen LogP contribution in [0.2, 0.25) is 0 Å². The number of methoxy groups -OCH3 is 1. The molecule has 0 heterocycles. The van der Waals surface area contributed by atoms with Crippen molar-refractivity contribution in [3.63, 3.8) is 0 Å². The summed E-state index contributed by atoms with van der Waals surface area (Å²) in [4.78, 5) is 33.0. The van der Waals surface area contributed by atoms with Gasteiger partial charge in [0.05, 0.1) is 23.8 Å². The predicted octanol–water partition coefficient (Wildman–Crippen LogP) is 2.05. The summed E-state index contributed by atoms with van der Waals surface area (Å²) in [6.07, 6.45) is 3.53. The standard InChI is InChI=1S/C14H16N2O6/c1-3-4-5-14(18)22-9-13(17)15-11-7-6-10(16(19)20)8-12(11)21-2/h4-8H,3,9H2,1-2H3,(H,15,17)/b5-4+. The average molecular weight is 308 g/mol. The Kier molecular flexibility index (Phi) is 6.55. The van der Waals surface area contributed by atoms with Crippen molar-refractivity contribution in [3.8, 4) is 5.75 Å². The fraction of sp³-hybridized carbons (Fsp3) is 0.286. The van der Waals surface area contributed by atoms with Crippen LogP contribution in [-0.2, 0) is 14.3 Å². The molecule has 1 amide bonds. The van der Waals surface area contributed by atoms with E-state index in [1.807, 2.05) is 6.92 Å². The van der Waals surface area contributed by atoms with Crippen molar-refractivity contribution in [1.29, 1.82) is 0 Å². The van der Waals surface area contributed by atoms with Crippen molar-refractivity contribution in [2.75, 3.05) is 19.0 Å². The number of allylic oxidation sites excluding steroid dienone is 1. The number of esters is 1. The summed E-state index contributed by atoms with van der Waals surface area (Å²) in [6, 6.07) is 3.76. The monoisotopic (exact) mass is 308 g/mol. The number of amides is 1. The molecule has 8 nitrogen and oxygen atoms in total. The number of anilines is 1. The number of rotatable bonds is 7. The molecule has 118 valence electrons. The highest BCUT2D eigenvalue weighted by molar-refractivity contribution is 5.95. The lowest BCUT2D eigenvalue weighted by molar-refractivity contribution is -0.384. The van der Waals surface area contributed by atoms with Gasteiger partial charge < -0.3 is 14.8 Å². The maximum atomic E-state index is 11.7. The molecular formula is C14H16N2O6. The van der Waals surface area contributed by atoms with Crippen LogP contribution in [0.5, 0.6) is 5.75 Å². The second-order valence-corrected chi connectivity index (χ2v) is 4.11. The van der Waals surface area contributed by atoms with Gasteiger partial charge in [0.2, 0.25) is 0 Å². The Morgan fingerprint density at radius 2 is 2.14 bits per heavy atom. The number of carbonyl (C=O) groups is 2. The van der Waals surface area contributed by atoms with Crippen molar-refractivity contribution in [1.82, 2.24) is 0 Å². The zero-order valence-electron chi connectivity index (χ0n) is 12.2. The first-order chi connectivity index (χ1) is 10.5. The molecule has 0 aliphatic heterocycles. The van der Waals surface area contributed by atoms with Crippen LogP contribution < -0.4 is 10.1 Å². The van der Waals surface area contributed by atoms with E-state index in [0.717, 1.165) is 0 Å². The maximum absolute atomic E-state index is 11.7. The lowest BCUT2D eigenvalue weighted by Crippen LogP contribution is -2.20. The van der Waals surface area contributed by atoms with Crippen LogP contribution >= 0.6 is 0 Å². The number of nitro benzene ring substituents is 1. The van der Waals surface area contributed by atoms with Gasteiger partial charge in [0.25, 0.3) is 11.6 Å². The van der Waals surface area contributed by atoms with E-state index < -0.39 is 23.4 Å². The van der Waals surface area contributed by atoms with Gasteiger partial charge in [0, 0.05) is 12.1 Å². The molecule has 0 saturated heterocycles. The zero-order valence-corrected chi connectivity index (χ0v) is 12.2. The molecule has 0 spiro atoms. The summed E-state index contributed by atoms with van der Waals surface area (Å²) in [5.41, 5.74) is 0.0872. The zero-order chi connectivity index (χ0) is 16.5. The van der Waals surface area contributed by atoms with E-state index >= 15 is 0 Å². The number of benzene rings is 1. The molecule has 0 aromatic heterocycles. The lowest BCUT2D eigenvalue weighted by atomic mass is 10.2. The Morgan fingerprint density at radius 1 is 1.41 bits per heavy atom. The third-order valence-corrected chi connectivity index (χ3v) is 2.51. The molecular weight excluding hydrogens is 292 g/mol. The fourth-order valence-corrected chi connectivity index (χ4v) is 1.48. The van der Waals surface area contributed by atoms with Crippen molar-refractivity contribution in [2.24, 2.45) is 0 Å². The Balaban J connectivity index is 2.66. The van der Waals surface area contributed by atoms with Crippen molar-refractivity contribution < 1.29 is 24.0 Å². The first-order valence-electron chi connectivity index (χ1n) is 6.43. The van der Waals surface area contributed by atoms with Crippen LogP contribution in [0.15, 0.2) is 30.4 Å². The molecule has 0 atom stereocenters. The smallest absolute Gasteiger partial charge is 0.330 e. The van der Waals surface area contributed by atoms with E-state index in [9.17, 15) is 19.7 Å². The number of hydrogen-bond acceptors (Lipinski definition) is 6. The van der Waals surface area contributed by atoms with Crippen molar-refractivity contribution in [3.05, 3.63) is 40.5 Å². The molecule has 0 aliphatic rings. The topological polar surface area (TPSA) is 108 Å². The summed E-state index contributed by atoms with van der Waals surface area (Å²) in [5.74, 6) is -1.06. The molecule has 0 radical (unpaired) electrons. The van der Waals surface area contributed by atoms with Crippen molar-refractivity contribution >= 4 is 23.3 Å². The third-order valence-electron chi connectivity index (χ3n) is 2.51. The van der Waals surface area contributed by atoms with Gasteiger partial charge >= 0.3 is 5.97 Å². The van der Waals surface area contributed by atoms with Gasteiger partial charge in [-0.15, -0.1) is 0 Å². The summed E-state index contributed by atoms with van der Waals surface area (Å²) in [7, 11) is 1.32. The van der Waals surface area contributed by atoms with Crippen LogP contribution in [0.4, 0.5) is 11.4 Å². The number of carbonyl (C=O) groups excluding carboxylic acids is 2. The van der Waals surface area contributed by atoms with Crippen LogP contribution in [0.1, 0.15) is 13.3 Å².